The van der Waals surface area contributed by atoms with Crippen molar-refractivity contribution in [1.82, 2.24) is 9.36 Å². The van der Waals surface area contributed by atoms with E-state index in [-0.39, 0.29) is 0 Å². The fourth-order valence-corrected chi connectivity index (χ4v) is 2.31. The number of anilines is 2. The van der Waals surface area contributed by atoms with Crippen LogP contribution < -0.4 is 10.6 Å². The Bertz CT molecular complexity index is 310. The molecule has 0 radical (unpaired) electrons. The van der Waals surface area contributed by atoms with E-state index < -0.39 is 0 Å². The van der Waals surface area contributed by atoms with E-state index in [1.165, 1.54) is 24.4 Å². The summed E-state index contributed by atoms with van der Waals surface area (Å²) >= 11 is 1.40. The van der Waals surface area contributed by atoms with Crippen LogP contribution in [0.1, 0.15) is 26.7 Å². The molecule has 0 aliphatic carbocycles. The molecule has 0 amide bonds. The molecule has 4 nitrogen and oxygen atoms in total. The first-order valence-corrected chi connectivity index (χ1v) is 5.68. The maximum absolute atomic E-state index is 5.50. The van der Waals surface area contributed by atoms with Gasteiger partial charge in [-0.15, -0.1) is 0 Å². The summed E-state index contributed by atoms with van der Waals surface area (Å²) in [7, 11) is 0. The van der Waals surface area contributed by atoms with Gasteiger partial charge < -0.3 is 10.6 Å². The SMILES string of the molecule is CC1(C)CCN(c2nc(N)ns2)CC1. The van der Waals surface area contributed by atoms with Gasteiger partial charge in [0.25, 0.3) is 0 Å². The Morgan fingerprint density at radius 1 is 1.36 bits per heavy atom. The van der Waals surface area contributed by atoms with Crippen molar-refractivity contribution in [3.8, 4) is 0 Å². The monoisotopic (exact) mass is 212 g/mol. The van der Waals surface area contributed by atoms with Crippen molar-refractivity contribution in [2.24, 2.45) is 5.41 Å². The highest BCUT2D eigenvalue weighted by atomic mass is 32.1. The second-order valence-corrected chi connectivity index (χ2v) is 5.32. The quantitative estimate of drug-likeness (QED) is 0.770. The zero-order valence-corrected chi connectivity index (χ0v) is 9.47. The molecule has 1 fully saturated rings. The van der Waals surface area contributed by atoms with Crippen molar-refractivity contribution in [2.45, 2.75) is 26.7 Å². The van der Waals surface area contributed by atoms with E-state index in [9.17, 15) is 0 Å². The minimum absolute atomic E-state index is 0.398. The summed E-state index contributed by atoms with van der Waals surface area (Å²) in [5, 5.41) is 0.970. The van der Waals surface area contributed by atoms with Gasteiger partial charge in [-0.3, -0.25) is 0 Å². The number of nitrogen functional groups attached to an aromatic ring is 1. The van der Waals surface area contributed by atoms with Gasteiger partial charge >= 0.3 is 0 Å². The largest absolute Gasteiger partial charge is 0.367 e. The topological polar surface area (TPSA) is 55.0 Å². The molecule has 0 saturated carbocycles. The summed E-state index contributed by atoms with van der Waals surface area (Å²) < 4.78 is 3.99. The molecule has 0 bridgehead atoms. The lowest BCUT2D eigenvalue weighted by atomic mass is 9.83. The van der Waals surface area contributed by atoms with Crippen LogP contribution >= 0.6 is 11.5 Å². The molecule has 1 aromatic rings. The van der Waals surface area contributed by atoms with E-state index in [1.807, 2.05) is 0 Å². The van der Waals surface area contributed by atoms with Crippen LogP contribution in [-0.2, 0) is 0 Å². The lowest BCUT2D eigenvalue weighted by molar-refractivity contribution is 0.280. The van der Waals surface area contributed by atoms with E-state index >= 15 is 0 Å². The van der Waals surface area contributed by atoms with Gasteiger partial charge in [0, 0.05) is 24.6 Å². The number of hydrogen-bond acceptors (Lipinski definition) is 5. The summed E-state index contributed by atoms with van der Waals surface area (Å²) in [5.74, 6) is 0.398. The smallest absolute Gasteiger partial charge is 0.233 e. The van der Waals surface area contributed by atoms with E-state index in [0.717, 1.165) is 18.2 Å². The summed E-state index contributed by atoms with van der Waals surface area (Å²) in [6.07, 6.45) is 2.43. The number of aromatic nitrogens is 2. The van der Waals surface area contributed by atoms with Gasteiger partial charge in [0.1, 0.15) is 0 Å². The fraction of sp³-hybridized carbons (Fsp3) is 0.778. The van der Waals surface area contributed by atoms with Crippen LogP contribution in [0.4, 0.5) is 11.1 Å². The molecule has 2 rings (SSSR count). The average Bonchev–Trinajstić information content (AvgIpc) is 2.52. The zero-order valence-electron chi connectivity index (χ0n) is 8.66. The van der Waals surface area contributed by atoms with Crippen molar-refractivity contribution >= 4 is 22.6 Å². The van der Waals surface area contributed by atoms with Crippen molar-refractivity contribution in [2.75, 3.05) is 23.7 Å². The first-order chi connectivity index (χ1) is 6.57. The molecule has 14 heavy (non-hydrogen) atoms. The minimum atomic E-state index is 0.398. The third-order valence-electron chi connectivity index (χ3n) is 2.82. The zero-order chi connectivity index (χ0) is 10.2. The molecule has 1 aliphatic rings. The Kier molecular flexibility index (Phi) is 2.34. The molecule has 0 unspecified atom stereocenters. The Morgan fingerprint density at radius 2 is 2.00 bits per heavy atom. The molecule has 1 saturated heterocycles. The Balaban J connectivity index is 2.02. The lowest BCUT2D eigenvalue weighted by Gasteiger charge is -2.36. The molecule has 1 aromatic heterocycles. The van der Waals surface area contributed by atoms with Crippen LogP contribution in [0.3, 0.4) is 0 Å². The highest BCUT2D eigenvalue weighted by Gasteiger charge is 2.26. The second kappa shape index (κ2) is 3.38. The molecule has 0 spiro atoms. The summed E-state index contributed by atoms with van der Waals surface area (Å²) in [6, 6.07) is 0. The van der Waals surface area contributed by atoms with Crippen molar-refractivity contribution in [3.05, 3.63) is 0 Å². The minimum Gasteiger partial charge on any atom is -0.367 e. The maximum Gasteiger partial charge on any atom is 0.233 e. The van der Waals surface area contributed by atoms with Crippen LogP contribution in [0.25, 0.3) is 0 Å². The van der Waals surface area contributed by atoms with E-state index in [1.54, 1.807) is 0 Å². The normalized spacial score (nSPS) is 21.1. The molecule has 0 aromatic carbocycles. The number of piperidine rings is 1. The fourth-order valence-electron chi connectivity index (χ4n) is 1.66. The van der Waals surface area contributed by atoms with Crippen LogP contribution in [0, 0.1) is 5.41 Å². The Morgan fingerprint density at radius 3 is 2.50 bits per heavy atom. The van der Waals surface area contributed by atoms with E-state index in [4.69, 9.17) is 5.73 Å². The van der Waals surface area contributed by atoms with Gasteiger partial charge in [-0.1, -0.05) is 13.8 Å². The van der Waals surface area contributed by atoms with Crippen LogP contribution in [0.5, 0.6) is 0 Å². The highest BCUT2D eigenvalue weighted by Crippen LogP contribution is 2.32. The predicted octanol–water partition coefficient (Wildman–Crippen LogP) is 1.75. The number of nitrogens with zero attached hydrogens (tertiary/aromatic N) is 3. The lowest BCUT2D eigenvalue weighted by Crippen LogP contribution is -2.37. The van der Waals surface area contributed by atoms with Crippen molar-refractivity contribution in [1.29, 1.82) is 0 Å². The third-order valence-corrected chi connectivity index (χ3v) is 3.61. The maximum atomic E-state index is 5.50. The van der Waals surface area contributed by atoms with Gasteiger partial charge in [0.2, 0.25) is 11.1 Å². The molecule has 1 aliphatic heterocycles. The van der Waals surface area contributed by atoms with Gasteiger partial charge in [-0.2, -0.15) is 9.36 Å². The molecule has 2 N–H and O–H groups in total. The first kappa shape index (κ1) is 9.71. The number of hydrogen-bond donors (Lipinski definition) is 1. The first-order valence-electron chi connectivity index (χ1n) is 4.91. The molecular formula is C9H16N4S. The molecule has 2 heterocycles. The molecular weight excluding hydrogens is 196 g/mol. The summed E-state index contributed by atoms with van der Waals surface area (Å²) in [6.45, 7) is 6.78. The van der Waals surface area contributed by atoms with Crippen LogP contribution in [0.2, 0.25) is 0 Å². The van der Waals surface area contributed by atoms with Crippen molar-refractivity contribution in [3.63, 3.8) is 0 Å². The van der Waals surface area contributed by atoms with Gasteiger partial charge in [-0.25, -0.2) is 0 Å². The Hall–Kier alpha value is -0.840. The van der Waals surface area contributed by atoms with Crippen LogP contribution in [-0.4, -0.2) is 22.4 Å². The van der Waals surface area contributed by atoms with Crippen molar-refractivity contribution < 1.29 is 0 Å². The Labute approximate surface area is 88.3 Å². The molecule has 0 atom stereocenters. The number of nitrogens with two attached hydrogens (primary N) is 1. The second-order valence-electron chi connectivity index (χ2n) is 4.59. The van der Waals surface area contributed by atoms with Gasteiger partial charge in [-0.05, 0) is 18.3 Å². The summed E-state index contributed by atoms with van der Waals surface area (Å²) in [4.78, 5) is 6.47. The van der Waals surface area contributed by atoms with Gasteiger partial charge in [0.05, 0.1) is 0 Å². The van der Waals surface area contributed by atoms with E-state index in [0.29, 0.717) is 11.4 Å². The number of rotatable bonds is 1. The third kappa shape index (κ3) is 1.97. The molecule has 5 heteroatoms. The van der Waals surface area contributed by atoms with E-state index in [2.05, 4.69) is 28.1 Å². The van der Waals surface area contributed by atoms with Gasteiger partial charge in [0.15, 0.2) is 0 Å². The highest BCUT2D eigenvalue weighted by molar-refractivity contribution is 7.09. The predicted molar refractivity (Wildman–Crippen MR) is 59.5 cm³/mol. The standard InChI is InChI=1S/C9H16N4S/c1-9(2)3-5-13(6-4-9)8-11-7(10)12-14-8/h3-6H2,1-2H3,(H2,10,12). The summed E-state index contributed by atoms with van der Waals surface area (Å²) in [5.41, 5.74) is 5.98. The van der Waals surface area contributed by atoms with Crippen LogP contribution in [0.15, 0.2) is 0 Å². The average molecular weight is 212 g/mol. The molecule has 78 valence electrons.